The fraction of sp³-hybridized carbons (Fsp3) is 0.474. The summed E-state index contributed by atoms with van der Waals surface area (Å²) in [6, 6.07) is 8.06. The second kappa shape index (κ2) is 9.11. The summed E-state index contributed by atoms with van der Waals surface area (Å²) in [6.07, 6.45) is 0.875. The number of ether oxygens (including phenoxy) is 1. The molecule has 2 aromatic rings. The number of guanidine groups is 1. The van der Waals surface area contributed by atoms with E-state index in [1.807, 2.05) is 39.0 Å². The Kier molecular flexibility index (Phi) is 6.86. The Hall–Kier alpha value is -2.50. The molecular weight excluding hydrogens is 316 g/mol. The topological polar surface area (TPSA) is 71.7 Å². The molecule has 1 unspecified atom stereocenters. The van der Waals surface area contributed by atoms with Crippen LogP contribution in [0, 0.1) is 20.8 Å². The van der Waals surface area contributed by atoms with Gasteiger partial charge in [-0.15, -0.1) is 0 Å². The first-order valence-electron chi connectivity index (χ1n) is 8.59. The first kappa shape index (κ1) is 18.8. The van der Waals surface area contributed by atoms with E-state index in [-0.39, 0.29) is 6.10 Å². The Labute approximate surface area is 149 Å². The summed E-state index contributed by atoms with van der Waals surface area (Å²) in [6.45, 7) is 9.41. The Morgan fingerprint density at radius 2 is 2.08 bits per heavy atom. The van der Waals surface area contributed by atoms with Gasteiger partial charge in [0.05, 0.1) is 12.2 Å². The first-order chi connectivity index (χ1) is 12.0. The highest BCUT2D eigenvalue weighted by molar-refractivity contribution is 5.79. The van der Waals surface area contributed by atoms with Gasteiger partial charge < -0.3 is 19.9 Å². The Morgan fingerprint density at radius 3 is 2.72 bits per heavy atom. The van der Waals surface area contributed by atoms with Crippen molar-refractivity contribution in [1.82, 2.24) is 15.8 Å². The molecular formula is C19H28N4O2. The maximum atomic E-state index is 5.92. The van der Waals surface area contributed by atoms with Gasteiger partial charge in [-0.1, -0.05) is 17.3 Å². The van der Waals surface area contributed by atoms with Crippen LogP contribution in [0.4, 0.5) is 0 Å². The zero-order valence-corrected chi connectivity index (χ0v) is 15.7. The molecule has 2 rings (SSSR count). The van der Waals surface area contributed by atoms with Crippen LogP contribution >= 0.6 is 0 Å². The molecule has 136 valence electrons. The molecule has 1 aromatic carbocycles. The predicted molar refractivity (Wildman–Crippen MR) is 100 cm³/mol. The molecule has 0 saturated carbocycles. The predicted octanol–water partition coefficient (Wildman–Crippen LogP) is 2.77. The maximum absolute atomic E-state index is 5.92. The molecule has 0 fully saturated rings. The van der Waals surface area contributed by atoms with Crippen molar-refractivity contribution < 1.29 is 9.26 Å². The van der Waals surface area contributed by atoms with Crippen LogP contribution in [0.15, 0.2) is 33.8 Å². The normalized spacial score (nSPS) is 12.8. The molecule has 0 spiro atoms. The summed E-state index contributed by atoms with van der Waals surface area (Å²) in [5.74, 6) is 2.52. The van der Waals surface area contributed by atoms with E-state index in [2.05, 4.69) is 33.8 Å². The fourth-order valence-electron chi connectivity index (χ4n) is 2.59. The third-order valence-corrected chi connectivity index (χ3v) is 3.96. The van der Waals surface area contributed by atoms with Crippen LogP contribution in [0.3, 0.4) is 0 Å². The van der Waals surface area contributed by atoms with Crippen molar-refractivity contribution in [1.29, 1.82) is 0 Å². The highest BCUT2D eigenvalue weighted by atomic mass is 16.5. The van der Waals surface area contributed by atoms with Gasteiger partial charge >= 0.3 is 0 Å². The molecule has 0 aliphatic rings. The highest BCUT2D eigenvalue weighted by Gasteiger charge is 2.09. The number of aryl methyl sites for hydroxylation is 3. The number of aromatic nitrogens is 1. The second-order valence-corrected chi connectivity index (χ2v) is 6.18. The smallest absolute Gasteiger partial charge is 0.191 e. The molecule has 6 nitrogen and oxygen atoms in total. The molecule has 1 heterocycles. The van der Waals surface area contributed by atoms with Crippen molar-refractivity contribution in [2.75, 3.05) is 20.1 Å². The number of hydrogen-bond donors (Lipinski definition) is 2. The molecule has 0 aliphatic carbocycles. The van der Waals surface area contributed by atoms with Gasteiger partial charge in [-0.2, -0.15) is 0 Å². The average Bonchev–Trinajstić information content (AvgIpc) is 2.89. The highest BCUT2D eigenvalue weighted by Crippen LogP contribution is 2.14. The van der Waals surface area contributed by atoms with Crippen LogP contribution in [0.2, 0.25) is 0 Å². The Balaban J connectivity index is 1.74. The van der Waals surface area contributed by atoms with Crippen molar-refractivity contribution in [3.05, 3.63) is 46.8 Å². The molecule has 0 saturated heterocycles. The van der Waals surface area contributed by atoms with Gasteiger partial charge in [0.15, 0.2) is 5.96 Å². The van der Waals surface area contributed by atoms with Crippen molar-refractivity contribution >= 4 is 5.96 Å². The summed E-state index contributed by atoms with van der Waals surface area (Å²) in [5, 5.41) is 10.6. The Morgan fingerprint density at radius 1 is 1.28 bits per heavy atom. The van der Waals surface area contributed by atoms with E-state index < -0.39 is 0 Å². The van der Waals surface area contributed by atoms with Crippen molar-refractivity contribution in [3.8, 4) is 5.75 Å². The molecule has 1 aromatic heterocycles. The van der Waals surface area contributed by atoms with E-state index >= 15 is 0 Å². The minimum Gasteiger partial charge on any atom is -0.489 e. The molecule has 0 aliphatic heterocycles. The van der Waals surface area contributed by atoms with Crippen molar-refractivity contribution in [3.63, 3.8) is 0 Å². The third kappa shape index (κ3) is 5.81. The lowest BCUT2D eigenvalue weighted by Crippen LogP contribution is -2.42. The lowest BCUT2D eigenvalue weighted by atomic mass is 10.1. The lowest BCUT2D eigenvalue weighted by Gasteiger charge is -2.18. The van der Waals surface area contributed by atoms with Gasteiger partial charge in [0.2, 0.25) is 0 Å². The zero-order chi connectivity index (χ0) is 18.2. The monoisotopic (exact) mass is 344 g/mol. The molecule has 2 N–H and O–H groups in total. The van der Waals surface area contributed by atoms with Gasteiger partial charge in [0.1, 0.15) is 17.6 Å². The van der Waals surface area contributed by atoms with Gasteiger partial charge in [0.25, 0.3) is 0 Å². The van der Waals surface area contributed by atoms with E-state index in [4.69, 9.17) is 9.26 Å². The fourth-order valence-corrected chi connectivity index (χ4v) is 2.59. The van der Waals surface area contributed by atoms with Gasteiger partial charge in [-0.05, 0) is 51.8 Å². The van der Waals surface area contributed by atoms with Gasteiger partial charge in [-0.3, -0.25) is 4.99 Å². The SMILES string of the molecule is CN=C(NCCc1c(C)noc1C)NCC(C)Oc1cccc(C)c1. The molecule has 0 bridgehead atoms. The molecule has 0 amide bonds. The first-order valence-corrected chi connectivity index (χ1v) is 8.59. The summed E-state index contributed by atoms with van der Waals surface area (Å²) in [5.41, 5.74) is 3.29. The quantitative estimate of drug-likeness (QED) is 0.597. The average molecular weight is 344 g/mol. The third-order valence-electron chi connectivity index (χ3n) is 3.96. The van der Waals surface area contributed by atoms with Crippen LogP contribution in [0.1, 0.15) is 29.5 Å². The van der Waals surface area contributed by atoms with E-state index in [1.165, 1.54) is 5.56 Å². The van der Waals surface area contributed by atoms with Gasteiger partial charge in [-0.25, -0.2) is 0 Å². The number of aliphatic imine (C=N–C) groups is 1. The molecule has 25 heavy (non-hydrogen) atoms. The van der Waals surface area contributed by atoms with Crippen LogP contribution in [0.25, 0.3) is 0 Å². The van der Waals surface area contributed by atoms with E-state index in [9.17, 15) is 0 Å². The minimum atomic E-state index is 0.0305. The maximum Gasteiger partial charge on any atom is 0.191 e. The summed E-state index contributed by atoms with van der Waals surface area (Å²) in [4.78, 5) is 4.24. The number of hydrogen-bond acceptors (Lipinski definition) is 4. The Bertz CT molecular complexity index is 690. The summed E-state index contributed by atoms with van der Waals surface area (Å²) >= 11 is 0. The standard InChI is InChI=1S/C19H28N4O2/c1-13-7-6-8-17(11-13)24-14(2)12-22-19(20-5)21-10-9-18-15(3)23-25-16(18)4/h6-8,11,14H,9-10,12H2,1-5H3,(H2,20,21,22). The molecule has 6 heteroatoms. The summed E-state index contributed by atoms with van der Waals surface area (Å²) < 4.78 is 11.1. The van der Waals surface area contributed by atoms with E-state index in [0.29, 0.717) is 6.54 Å². The van der Waals surface area contributed by atoms with Crippen LogP contribution < -0.4 is 15.4 Å². The minimum absolute atomic E-state index is 0.0305. The second-order valence-electron chi connectivity index (χ2n) is 6.18. The lowest BCUT2D eigenvalue weighted by molar-refractivity contribution is 0.223. The van der Waals surface area contributed by atoms with Crippen LogP contribution in [0.5, 0.6) is 5.75 Å². The van der Waals surface area contributed by atoms with E-state index in [0.717, 1.165) is 41.7 Å². The van der Waals surface area contributed by atoms with Gasteiger partial charge in [0, 0.05) is 19.2 Å². The van der Waals surface area contributed by atoms with Crippen molar-refractivity contribution in [2.24, 2.45) is 4.99 Å². The summed E-state index contributed by atoms with van der Waals surface area (Å²) in [7, 11) is 1.76. The van der Waals surface area contributed by atoms with Crippen molar-refractivity contribution in [2.45, 2.75) is 40.2 Å². The number of nitrogens with one attached hydrogen (secondary N) is 2. The number of rotatable bonds is 7. The zero-order valence-electron chi connectivity index (χ0n) is 15.7. The molecule has 0 radical (unpaired) electrons. The molecule has 1 atom stereocenters. The van der Waals surface area contributed by atoms with E-state index in [1.54, 1.807) is 7.05 Å². The van der Waals surface area contributed by atoms with Crippen LogP contribution in [-0.4, -0.2) is 37.4 Å². The number of nitrogens with zero attached hydrogens (tertiary/aromatic N) is 2. The largest absolute Gasteiger partial charge is 0.489 e. The van der Waals surface area contributed by atoms with Crippen LogP contribution in [-0.2, 0) is 6.42 Å². The number of benzene rings is 1.